The maximum Gasteiger partial charge on any atom is 0.259 e. The average molecular weight is 530 g/mol. The quantitative estimate of drug-likeness (QED) is 0.250. The van der Waals surface area contributed by atoms with Gasteiger partial charge in [0.05, 0.1) is 36.8 Å². The molecule has 8 nitrogen and oxygen atoms in total. The topological polar surface area (TPSA) is 90.0 Å². The highest BCUT2D eigenvalue weighted by Crippen LogP contribution is 2.54. The molecule has 1 spiro atoms. The van der Waals surface area contributed by atoms with Crippen molar-refractivity contribution in [1.82, 2.24) is 4.98 Å². The Labute approximate surface area is 221 Å². The van der Waals surface area contributed by atoms with Gasteiger partial charge < -0.3 is 29.7 Å². The fourth-order valence-corrected chi connectivity index (χ4v) is 6.08. The highest BCUT2D eigenvalue weighted by Gasteiger charge is 2.44. The summed E-state index contributed by atoms with van der Waals surface area (Å²) in [5.74, 6) is 1.12. The summed E-state index contributed by atoms with van der Waals surface area (Å²) >= 11 is 3.12. The number of piperidine rings is 1. The standard InChI is InChI=1S/C26H35N5O3S2/c1-35-23-3-2-19(16-22(23)31-10-13-34-14-11-31)28-25(33)20-18-27-24(29-36-15-12-32)17-21(20)30-8-6-26(4-5-26)7-9-30/h2-3,16-18,32H,4-15H2,1H3,(H,27,29)(H,28,33). The van der Waals surface area contributed by atoms with Gasteiger partial charge in [-0.2, -0.15) is 0 Å². The molecule has 3 fully saturated rings. The van der Waals surface area contributed by atoms with Crippen molar-refractivity contribution in [2.75, 3.05) is 77.8 Å². The average Bonchev–Trinajstić information content (AvgIpc) is 3.68. The lowest BCUT2D eigenvalue weighted by Gasteiger charge is -2.35. The van der Waals surface area contributed by atoms with Crippen LogP contribution in [0.1, 0.15) is 36.0 Å². The molecular formula is C26H35N5O3S2. The van der Waals surface area contributed by atoms with Gasteiger partial charge in [0.2, 0.25) is 0 Å². The number of aliphatic hydroxyl groups is 1. The monoisotopic (exact) mass is 529 g/mol. The summed E-state index contributed by atoms with van der Waals surface area (Å²) in [5.41, 5.74) is 3.97. The molecule has 194 valence electrons. The first kappa shape index (κ1) is 25.5. The number of morpholine rings is 1. The third kappa shape index (κ3) is 5.88. The predicted octanol–water partition coefficient (Wildman–Crippen LogP) is 4.33. The van der Waals surface area contributed by atoms with Crippen molar-refractivity contribution >= 4 is 52.5 Å². The largest absolute Gasteiger partial charge is 0.395 e. The number of amides is 1. The zero-order valence-corrected chi connectivity index (χ0v) is 22.4. The molecule has 0 bridgehead atoms. The zero-order chi connectivity index (χ0) is 25.0. The number of nitrogens with zero attached hydrogens (tertiary/aromatic N) is 3. The SMILES string of the molecule is CSc1ccc(NC(=O)c2cnc(NSCCO)cc2N2CCC3(CC2)CC3)cc1N1CCOCC1. The van der Waals surface area contributed by atoms with Crippen LogP contribution in [0.2, 0.25) is 0 Å². The molecule has 2 saturated heterocycles. The number of nitrogens with one attached hydrogen (secondary N) is 2. The molecule has 5 rings (SSSR count). The van der Waals surface area contributed by atoms with E-state index in [1.54, 1.807) is 18.0 Å². The van der Waals surface area contributed by atoms with Gasteiger partial charge in [-0.15, -0.1) is 11.8 Å². The minimum Gasteiger partial charge on any atom is -0.395 e. The molecule has 2 aromatic rings. The highest BCUT2D eigenvalue weighted by atomic mass is 32.2. The minimum absolute atomic E-state index is 0.0982. The number of anilines is 4. The second-order valence-electron chi connectivity index (χ2n) is 9.69. The highest BCUT2D eigenvalue weighted by molar-refractivity contribution is 8.00. The van der Waals surface area contributed by atoms with Crippen LogP contribution in [0.25, 0.3) is 0 Å². The van der Waals surface area contributed by atoms with E-state index in [9.17, 15) is 4.79 Å². The molecule has 36 heavy (non-hydrogen) atoms. The van der Waals surface area contributed by atoms with Crippen molar-refractivity contribution < 1.29 is 14.6 Å². The third-order valence-corrected chi connectivity index (χ3v) is 8.93. The summed E-state index contributed by atoms with van der Waals surface area (Å²) in [6.07, 6.45) is 8.79. The number of hydrogen-bond acceptors (Lipinski definition) is 9. The summed E-state index contributed by atoms with van der Waals surface area (Å²) in [7, 11) is 0. The van der Waals surface area contributed by atoms with Crippen LogP contribution in [-0.4, -0.2) is 74.0 Å². The Kier molecular flexibility index (Phi) is 8.15. The molecule has 0 atom stereocenters. The van der Waals surface area contributed by atoms with Crippen molar-refractivity contribution in [3.63, 3.8) is 0 Å². The Morgan fingerprint density at radius 2 is 1.83 bits per heavy atom. The van der Waals surface area contributed by atoms with Gasteiger partial charge in [0.15, 0.2) is 0 Å². The Morgan fingerprint density at radius 1 is 1.08 bits per heavy atom. The lowest BCUT2D eigenvalue weighted by molar-refractivity contribution is 0.102. The number of ether oxygens (including phenoxy) is 1. The van der Waals surface area contributed by atoms with Crippen molar-refractivity contribution in [1.29, 1.82) is 0 Å². The summed E-state index contributed by atoms with van der Waals surface area (Å²) in [5, 5.41) is 12.2. The Balaban J connectivity index is 1.37. The van der Waals surface area contributed by atoms with E-state index in [1.807, 2.05) is 12.1 Å². The summed E-state index contributed by atoms with van der Waals surface area (Å²) in [6, 6.07) is 8.09. The van der Waals surface area contributed by atoms with E-state index in [1.165, 1.54) is 42.5 Å². The van der Waals surface area contributed by atoms with Crippen LogP contribution in [0, 0.1) is 5.41 Å². The van der Waals surface area contributed by atoms with Crippen LogP contribution >= 0.6 is 23.7 Å². The van der Waals surface area contributed by atoms with E-state index in [4.69, 9.17) is 9.84 Å². The molecule has 1 aliphatic carbocycles. The second-order valence-corrected chi connectivity index (χ2v) is 11.4. The predicted molar refractivity (Wildman–Crippen MR) is 150 cm³/mol. The van der Waals surface area contributed by atoms with Crippen molar-refractivity contribution in [2.24, 2.45) is 5.41 Å². The number of thioether (sulfide) groups is 1. The molecule has 1 saturated carbocycles. The number of benzene rings is 1. The van der Waals surface area contributed by atoms with Crippen LogP contribution in [-0.2, 0) is 4.74 Å². The number of carbonyl (C=O) groups is 1. The van der Waals surface area contributed by atoms with Crippen LogP contribution in [0.3, 0.4) is 0 Å². The molecule has 0 unspecified atom stereocenters. The van der Waals surface area contributed by atoms with E-state index >= 15 is 0 Å². The summed E-state index contributed by atoms with van der Waals surface area (Å²) in [6.45, 7) is 5.13. The fourth-order valence-electron chi connectivity index (χ4n) is 5.02. The first-order valence-corrected chi connectivity index (χ1v) is 14.9. The lowest BCUT2D eigenvalue weighted by Crippen LogP contribution is -2.36. The molecule has 3 aliphatic rings. The molecular weight excluding hydrogens is 494 g/mol. The zero-order valence-electron chi connectivity index (χ0n) is 20.8. The van der Waals surface area contributed by atoms with Crippen LogP contribution in [0.15, 0.2) is 35.4 Å². The van der Waals surface area contributed by atoms with Crippen LogP contribution < -0.4 is 19.8 Å². The van der Waals surface area contributed by atoms with Crippen molar-refractivity contribution in [2.45, 2.75) is 30.6 Å². The number of carbonyl (C=O) groups excluding carboxylic acids is 1. The Hall–Kier alpha value is -2.14. The Bertz CT molecular complexity index is 1070. The second kappa shape index (κ2) is 11.5. The first-order chi connectivity index (χ1) is 17.6. The van der Waals surface area contributed by atoms with Gasteiger partial charge in [-0.05, 0) is 67.5 Å². The summed E-state index contributed by atoms with van der Waals surface area (Å²) in [4.78, 5) is 23.9. The minimum atomic E-state index is -0.149. The lowest BCUT2D eigenvalue weighted by atomic mass is 9.93. The van der Waals surface area contributed by atoms with Gasteiger partial charge in [0.25, 0.3) is 5.91 Å². The number of pyridine rings is 1. The maximum absolute atomic E-state index is 13.6. The molecule has 1 amide bonds. The maximum atomic E-state index is 13.6. The van der Waals surface area contributed by atoms with Gasteiger partial charge in [0, 0.05) is 54.8 Å². The van der Waals surface area contributed by atoms with Crippen LogP contribution in [0.5, 0.6) is 0 Å². The smallest absolute Gasteiger partial charge is 0.259 e. The van der Waals surface area contributed by atoms with E-state index in [0.29, 0.717) is 35.8 Å². The van der Waals surface area contributed by atoms with Crippen LogP contribution in [0.4, 0.5) is 22.9 Å². The first-order valence-electron chi connectivity index (χ1n) is 12.7. The van der Waals surface area contributed by atoms with Gasteiger partial charge in [-0.3, -0.25) is 4.79 Å². The van der Waals surface area contributed by atoms with E-state index in [2.05, 4.69) is 43.2 Å². The normalized spacial score (nSPS) is 18.8. The van der Waals surface area contributed by atoms with Gasteiger partial charge in [-0.25, -0.2) is 4.98 Å². The third-order valence-electron chi connectivity index (χ3n) is 7.41. The number of hydrogen-bond donors (Lipinski definition) is 3. The fraction of sp³-hybridized carbons (Fsp3) is 0.538. The molecule has 3 N–H and O–H groups in total. The van der Waals surface area contributed by atoms with Gasteiger partial charge >= 0.3 is 0 Å². The molecule has 2 aliphatic heterocycles. The van der Waals surface area contributed by atoms with E-state index < -0.39 is 0 Å². The molecule has 1 aromatic carbocycles. The molecule has 3 heterocycles. The van der Waals surface area contributed by atoms with Crippen molar-refractivity contribution in [3.8, 4) is 0 Å². The number of aromatic nitrogens is 1. The number of rotatable bonds is 9. The number of aliphatic hydroxyl groups excluding tert-OH is 1. The van der Waals surface area contributed by atoms with E-state index in [-0.39, 0.29) is 12.5 Å². The summed E-state index contributed by atoms with van der Waals surface area (Å²) < 4.78 is 8.72. The molecule has 10 heteroatoms. The van der Waals surface area contributed by atoms with Crippen molar-refractivity contribution in [3.05, 3.63) is 36.0 Å². The van der Waals surface area contributed by atoms with Gasteiger partial charge in [-0.1, -0.05) is 0 Å². The van der Waals surface area contributed by atoms with Gasteiger partial charge in [0.1, 0.15) is 5.82 Å². The van der Waals surface area contributed by atoms with E-state index in [0.717, 1.165) is 43.2 Å². The Morgan fingerprint density at radius 3 is 2.53 bits per heavy atom. The molecule has 0 radical (unpaired) electrons. The molecule has 1 aromatic heterocycles.